The van der Waals surface area contributed by atoms with Gasteiger partial charge in [-0.1, -0.05) is 0 Å². The zero-order valence-corrected chi connectivity index (χ0v) is 13.9. The van der Waals surface area contributed by atoms with Crippen LogP contribution in [0.2, 0.25) is 54.4 Å². The molecule has 0 saturated carbocycles. The molecule has 0 nitrogen and oxygen atoms in total. The second-order valence-corrected chi connectivity index (χ2v) is 51.6. The summed E-state index contributed by atoms with van der Waals surface area (Å²) in [5.41, 5.74) is 0. The molecular formula is C12H18Cl2SiTi. The maximum atomic E-state index is 2.77. The third-order valence-corrected chi connectivity index (χ3v) is 93.8. The largest absolute Gasteiger partial charge is 0.147 e. The fourth-order valence-electron chi connectivity index (χ4n) is 26.1. The minimum atomic E-state index is -2.90. The summed E-state index contributed by atoms with van der Waals surface area (Å²) in [7, 11) is -3.16. The van der Waals surface area contributed by atoms with Crippen molar-refractivity contribution in [2.24, 2.45) is 0 Å². The zero-order valence-electron chi connectivity index (χ0n) is 9.59. The SMILES string of the molecule is C[SiH](C)[C]12[CH]3[CH]4[CH]5[CH]1[Ti]45321678[CH]2[CH]1[CH]6[CH]7[CH]28.Cl.Cl. The average molecular weight is 309 g/mol. The van der Waals surface area contributed by atoms with Gasteiger partial charge in [0.2, 0.25) is 0 Å². The minimum Gasteiger partial charge on any atom is -0.147 e. The predicted molar refractivity (Wildman–Crippen MR) is 69.8 cm³/mol. The predicted octanol–water partition coefficient (Wildman–Crippen LogP) is 4.62. The number of rotatable bonds is 1. The normalized spacial score (nSPS) is 125. The van der Waals surface area contributed by atoms with E-state index in [0.717, 1.165) is 0 Å². The first-order valence-corrected chi connectivity index (χ1v) is 19.3. The van der Waals surface area contributed by atoms with Crippen LogP contribution in [0.1, 0.15) is 0 Å². The molecule has 0 bridgehead atoms. The number of halogens is 2. The van der Waals surface area contributed by atoms with E-state index in [1.807, 2.05) is 0 Å². The Bertz CT molecular complexity index is 808. The third kappa shape index (κ3) is 0.0672. The Morgan fingerprint density at radius 3 is 1.19 bits per heavy atom. The summed E-state index contributed by atoms with van der Waals surface area (Å²) >= 11 is 0. The fraction of sp³-hybridized carbons (Fsp3) is 1.00. The average Bonchev–Trinajstić information content (AvgIpc) is 3.13. The van der Waals surface area contributed by atoms with E-state index >= 15 is 0 Å². The first kappa shape index (κ1) is 7.95. The maximum absolute atomic E-state index is 2.90. The van der Waals surface area contributed by atoms with Gasteiger partial charge in [0.1, 0.15) is 0 Å². The molecule has 0 aromatic carbocycles. The van der Waals surface area contributed by atoms with Gasteiger partial charge in [-0.3, -0.25) is 0 Å². The molecule has 10 fully saturated rings. The van der Waals surface area contributed by atoms with Gasteiger partial charge >= 0.3 is 72.1 Å². The van der Waals surface area contributed by atoms with Crippen LogP contribution in [0.15, 0.2) is 0 Å². The molecule has 88 valence electrons. The maximum Gasteiger partial charge on any atom is -0.147 e. The molecule has 16 heavy (non-hydrogen) atoms. The van der Waals surface area contributed by atoms with Crippen LogP contribution in [-0.4, -0.2) is 8.80 Å². The van der Waals surface area contributed by atoms with E-state index in [-0.39, 0.29) is 33.6 Å². The van der Waals surface area contributed by atoms with Crippen LogP contribution in [0, 0.1) is 0 Å². The monoisotopic (exact) mass is 308 g/mol. The van der Waals surface area contributed by atoms with Crippen LogP contribution in [-0.2, 0) is 8.89 Å². The Balaban J connectivity index is 0.000000294. The quantitative estimate of drug-likeness (QED) is 0.620. The van der Waals surface area contributed by atoms with E-state index in [2.05, 4.69) is 13.1 Å². The van der Waals surface area contributed by atoms with Gasteiger partial charge in [-0.25, -0.2) is 0 Å². The van der Waals surface area contributed by atoms with E-state index in [0.29, 0.717) is 0 Å². The number of hydrogen-bond donors (Lipinski definition) is 0. The summed E-state index contributed by atoms with van der Waals surface area (Å²) in [6.45, 7) is 5.54. The van der Waals surface area contributed by atoms with Crippen molar-refractivity contribution in [2.45, 2.75) is 54.4 Å². The Labute approximate surface area is 96.2 Å². The van der Waals surface area contributed by atoms with Crippen molar-refractivity contribution in [2.75, 3.05) is 0 Å². The first-order chi connectivity index (χ1) is 6.49. The molecule has 4 unspecified atom stereocenters. The first-order valence-electron chi connectivity index (χ1n) is 7.54. The van der Waals surface area contributed by atoms with E-state index in [4.69, 9.17) is 0 Å². The molecule has 4 heteroatoms. The minimum absolute atomic E-state index is 0. The van der Waals surface area contributed by atoms with Crippen molar-refractivity contribution in [1.29, 1.82) is 0 Å². The van der Waals surface area contributed by atoms with E-state index in [1.165, 1.54) is 3.34 Å². The van der Waals surface area contributed by atoms with Gasteiger partial charge in [0, 0.05) is 0 Å². The van der Waals surface area contributed by atoms with Gasteiger partial charge in [-0.15, -0.1) is 24.8 Å². The molecule has 0 aromatic heterocycles. The molecule has 0 aromatic rings. The van der Waals surface area contributed by atoms with Crippen LogP contribution in [0.25, 0.3) is 0 Å². The second-order valence-electron chi connectivity index (χ2n) is 14.0. The Morgan fingerprint density at radius 2 is 1.12 bits per heavy atom. The summed E-state index contributed by atoms with van der Waals surface area (Å²) in [5, 5.41) is 0. The van der Waals surface area contributed by atoms with Crippen LogP contribution in [0.5, 0.6) is 0 Å². The molecule has 10 aliphatic rings. The van der Waals surface area contributed by atoms with E-state index in [9.17, 15) is 0 Å². The zero-order chi connectivity index (χ0) is 8.59. The Morgan fingerprint density at radius 1 is 0.750 bits per heavy atom. The van der Waals surface area contributed by atoms with Gasteiger partial charge in [-0.2, -0.15) is 0 Å². The number of hydrogen-bond acceptors (Lipinski definition) is 0. The fourth-order valence-corrected chi connectivity index (χ4v) is 182. The molecule has 10 rings (SSSR count). The molecule has 1 spiro atoms. The Kier molecular flexibility index (Phi) is 0.290. The summed E-state index contributed by atoms with van der Waals surface area (Å²) in [4.78, 5) is 0. The Hall–Kier alpha value is 1.51. The van der Waals surface area contributed by atoms with Crippen molar-refractivity contribution >= 4 is 33.6 Å². The van der Waals surface area contributed by atoms with Crippen LogP contribution in [0.3, 0.4) is 0 Å². The molecule has 0 radical (unpaired) electrons. The van der Waals surface area contributed by atoms with E-state index in [1.54, 1.807) is 38.0 Å². The van der Waals surface area contributed by atoms with Gasteiger partial charge in [0.25, 0.3) is 0 Å². The second kappa shape index (κ2) is 0.584. The molecule has 0 aliphatic carbocycles. The van der Waals surface area contributed by atoms with Crippen LogP contribution >= 0.6 is 24.8 Å². The topological polar surface area (TPSA) is 0 Å². The standard InChI is InChI=1S/C7H11Si.C5H5.2ClH.Ti/c1-8(2)7-5-3-4-6-7;1-2-4-5-3-1;;;/h3-6,8H,1-2H3;1-5H;2*1H;. The molecule has 10 aliphatic heterocycles. The van der Waals surface area contributed by atoms with Gasteiger partial charge in [0.05, 0.1) is 0 Å². The molecule has 0 N–H and O–H groups in total. The smallest absolute Gasteiger partial charge is 0.147 e. The summed E-state index contributed by atoms with van der Waals surface area (Å²) in [6.07, 6.45) is 0. The van der Waals surface area contributed by atoms with Gasteiger partial charge < -0.3 is 0 Å². The van der Waals surface area contributed by atoms with Gasteiger partial charge in [-0.05, 0) is 0 Å². The molecule has 4 atom stereocenters. The summed E-state index contributed by atoms with van der Waals surface area (Å²) < 4.78 is 15.8. The van der Waals surface area contributed by atoms with Gasteiger partial charge in [0.15, 0.2) is 0 Å². The number of fused-ring (bicyclic) bond motifs is 10. The van der Waals surface area contributed by atoms with Crippen LogP contribution < -0.4 is 0 Å². The van der Waals surface area contributed by atoms with Crippen molar-refractivity contribution < 1.29 is 8.89 Å². The van der Waals surface area contributed by atoms with Crippen LogP contribution in [0.4, 0.5) is 0 Å². The van der Waals surface area contributed by atoms with Crippen molar-refractivity contribution in [1.82, 2.24) is 0 Å². The molecule has 10 saturated heterocycles. The molecular weight excluding hydrogens is 291 g/mol. The molecule has 10 heterocycles. The summed E-state index contributed by atoms with van der Waals surface area (Å²) in [5.74, 6) is 0. The third-order valence-electron chi connectivity index (χ3n) is 21.4. The van der Waals surface area contributed by atoms with E-state index < -0.39 is 8.89 Å². The van der Waals surface area contributed by atoms with Crippen molar-refractivity contribution in [3.63, 3.8) is 0 Å². The van der Waals surface area contributed by atoms with Crippen molar-refractivity contribution in [3.05, 3.63) is 0 Å². The summed E-state index contributed by atoms with van der Waals surface area (Å²) in [6, 6.07) is 0. The van der Waals surface area contributed by atoms with Crippen molar-refractivity contribution in [3.8, 4) is 0 Å². The molecule has 0 amide bonds.